The number of ether oxygens (including phenoxy) is 1. The molecular formula is C18H30FN5O2. The van der Waals surface area contributed by atoms with Crippen molar-refractivity contribution in [1.82, 2.24) is 16.0 Å². The number of hydrogen-bond donors (Lipinski definition) is 3. The number of rotatable bonds is 6. The van der Waals surface area contributed by atoms with Crippen molar-refractivity contribution in [3.05, 3.63) is 29.6 Å². The molecule has 1 aromatic carbocycles. The van der Waals surface area contributed by atoms with Crippen LogP contribution in [0.5, 0.6) is 0 Å². The topological polar surface area (TPSA) is 78.0 Å². The molecule has 0 aromatic heterocycles. The van der Waals surface area contributed by atoms with Gasteiger partial charge in [-0.15, -0.1) is 0 Å². The van der Waals surface area contributed by atoms with Crippen molar-refractivity contribution in [1.29, 1.82) is 0 Å². The number of hydrogen-bond acceptors (Lipinski definition) is 4. The highest BCUT2D eigenvalue weighted by atomic mass is 19.1. The third-order valence-electron chi connectivity index (χ3n) is 3.26. The molecule has 0 unspecified atom stereocenters. The maximum absolute atomic E-state index is 14.0. The minimum absolute atomic E-state index is 0.265. The van der Waals surface area contributed by atoms with Crippen molar-refractivity contribution in [2.45, 2.75) is 32.9 Å². The molecule has 1 amide bonds. The van der Waals surface area contributed by atoms with Gasteiger partial charge in [-0.1, -0.05) is 6.07 Å². The number of carbonyl (C=O) groups excluding carboxylic acids is 1. The van der Waals surface area contributed by atoms with E-state index in [2.05, 4.69) is 20.9 Å². The summed E-state index contributed by atoms with van der Waals surface area (Å²) in [6.07, 6.45) is -0.460. The minimum atomic E-state index is -0.521. The van der Waals surface area contributed by atoms with Gasteiger partial charge in [0.1, 0.15) is 11.4 Å². The Balaban J connectivity index is 2.38. The minimum Gasteiger partial charge on any atom is -0.444 e. The summed E-state index contributed by atoms with van der Waals surface area (Å²) in [6.45, 7) is 6.73. The summed E-state index contributed by atoms with van der Waals surface area (Å²) in [7, 11) is 5.24. The standard InChI is InChI=1S/C18H30FN5O2/c1-18(2,3)26-17(25)22-10-9-21-16(20-4)23-12-13-7-8-15(24(5)6)14(19)11-13/h7-8,11H,9-10,12H2,1-6H3,(H,22,25)(H2,20,21,23). The van der Waals surface area contributed by atoms with E-state index < -0.39 is 11.7 Å². The van der Waals surface area contributed by atoms with E-state index in [-0.39, 0.29) is 5.82 Å². The second-order valence-electron chi connectivity index (χ2n) is 6.96. The SMILES string of the molecule is CN=C(NCCNC(=O)OC(C)(C)C)NCc1ccc(N(C)C)c(F)c1. The molecule has 0 saturated carbocycles. The van der Waals surface area contributed by atoms with E-state index in [1.807, 2.05) is 26.8 Å². The maximum atomic E-state index is 14.0. The van der Waals surface area contributed by atoms with Gasteiger partial charge in [-0.2, -0.15) is 0 Å². The van der Waals surface area contributed by atoms with Crippen LogP contribution >= 0.6 is 0 Å². The Hall–Kier alpha value is -2.51. The quantitative estimate of drug-likeness (QED) is 0.408. The number of nitrogens with one attached hydrogen (secondary N) is 3. The van der Waals surface area contributed by atoms with Crippen molar-refractivity contribution in [2.75, 3.05) is 39.1 Å². The van der Waals surface area contributed by atoms with Crippen molar-refractivity contribution >= 4 is 17.7 Å². The van der Waals surface area contributed by atoms with Crippen LogP contribution in [-0.4, -0.2) is 51.9 Å². The average Bonchev–Trinajstić information content (AvgIpc) is 2.52. The normalized spacial score (nSPS) is 11.7. The number of carbonyl (C=O) groups is 1. The number of guanidine groups is 1. The number of alkyl carbamates (subject to hydrolysis) is 1. The van der Waals surface area contributed by atoms with Crippen LogP contribution in [-0.2, 0) is 11.3 Å². The Bertz CT molecular complexity index is 626. The second kappa shape index (κ2) is 9.84. The number of halogens is 1. The second-order valence-corrected chi connectivity index (χ2v) is 6.96. The highest BCUT2D eigenvalue weighted by Gasteiger charge is 2.15. The number of amides is 1. The first-order valence-corrected chi connectivity index (χ1v) is 8.49. The van der Waals surface area contributed by atoms with Crippen LogP contribution in [0.15, 0.2) is 23.2 Å². The van der Waals surface area contributed by atoms with Gasteiger partial charge >= 0.3 is 6.09 Å². The molecule has 1 rings (SSSR count). The molecule has 146 valence electrons. The molecule has 8 heteroatoms. The zero-order valence-corrected chi connectivity index (χ0v) is 16.4. The molecule has 3 N–H and O–H groups in total. The van der Waals surface area contributed by atoms with Crippen LogP contribution in [0, 0.1) is 5.82 Å². The summed E-state index contributed by atoms with van der Waals surface area (Å²) in [6, 6.07) is 5.11. The fourth-order valence-corrected chi connectivity index (χ4v) is 2.09. The Morgan fingerprint density at radius 3 is 2.38 bits per heavy atom. The lowest BCUT2D eigenvalue weighted by molar-refractivity contribution is 0.0529. The van der Waals surface area contributed by atoms with Gasteiger partial charge in [0.2, 0.25) is 0 Å². The Kier molecular flexibility index (Phi) is 8.15. The highest BCUT2D eigenvalue weighted by molar-refractivity contribution is 5.79. The number of nitrogens with zero attached hydrogens (tertiary/aromatic N) is 2. The fraction of sp³-hybridized carbons (Fsp3) is 0.556. The third kappa shape index (κ3) is 8.04. The first-order chi connectivity index (χ1) is 12.1. The van der Waals surface area contributed by atoms with Crippen LogP contribution in [0.2, 0.25) is 0 Å². The molecule has 0 spiro atoms. The van der Waals surface area contributed by atoms with E-state index in [1.54, 1.807) is 32.1 Å². The largest absolute Gasteiger partial charge is 0.444 e. The van der Waals surface area contributed by atoms with Gasteiger partial charge in [-0.25, -0.2) is 9.18 Å². The summed E-state index contributed by atoms with van der Waals surface area (Å²) >= 11 is 0. The first-order valence-electron chi connectivity index (χ1n) is 8.49. The summed E-state index contributed by atoms with van der Waals surface area (Å²) in [5, 5.41) is 8.83. The lowest BCUT2D eigenvalue weighted by Gasteiger charge is -2.20. The summed E-state index contributed by atoms with van der Waals surface area (Å²) in [5.74, 6) is 0.298. The molecular weight excluding hydrogens is 337 g/mol. The Morgan fingerprint density at radius 1 is 1.19 bits per heavy atom. The molecule has 0 radical (unpaired) electrons. The van der Waals surface area contributed by atoms with Gasteiger partial charge < -0.3 is 25.6 Å². The average molecular weight is 367 g/mol. The predicted octanol–water partition coefficient (Wildman–Crippen LogP) is 2.08. The number of aliphatic imine (C=N–C) groups is 1. The summed E-state index contributed by atoms with van der Waals surface area (Å²) < 4.78 is 19.1. The molecule has 0 saturated heterocycles. The van der Waals surface area contributed by atoms with Crippen LogP contribution in [0.25, 0.3) is 0 Å². The zero-order chi connectivity index (χ0) is 19.7. The van der Waals surface area contributed by atoms with Crippen molar-refractivity contribution in [2.24, 2.45) is 4.99 Å². The Labute approximate surface area is 155 Å². The highest BCUT2D eigenvalue weighted by Crippen LogP contribution is 2.18. The maximum Gasteiger partial charge on any atom is 0.407 e. The third-order valence-corrected chi connectivity index (χ3v) is 3.26. The van der Waals surface area contributed by atoms with E-state index >= 15 is 0 Å². The summed E-state index contributed by atoms with van der Waals surface area (Å²) in [4.78, 5) is 17.4. The van der Waals surface area contributed by atoms with Gasteiger partial charge in [0.25, 0.3) is 0 Å². The van der Waals surface area contributed by atoms with E-state index in [1.165, 1.54) is 6.07 Å². The molecule has 0 aliphatic carbocycles. The monoisotopic (exact) mass is 367 g/mol. The molecule has 1 aromatic rings. The predicted molar refractivity (Wildman–Crippen MR) is 103 cm³/mol. The number of anilines is 1. The Morgan fingerprint density at radius 2 is 1.85 bits per heavy atom. The summed E-state index contributed by atoms with van der Waals surface area (Å²) in [5.41, 5.74) is 0.833. The van der Waals surface area contributed by atoms with Crippen molar-refractivity contribution < 1.29 is 13.9 Å². The van der Waals surface area contributed by atoms with E-state index in [0.717, 1.165) is 5.56 Å². The molecule has 0 aliphatic heterocycles. The van der Waals surface area contributed by atoms with Crippen LogP contribution in [0.4, 0.5) is 14.9 Å². The smallest absolute Gasteiger partial charge is 0.407 e. The van der Waals surface area contributed by atoms with E-state index in [0.29, 0.717) is 31.3 Å². The molecule has 0 heterocycles. The zero-order valence-electron chi connectivity index (χ0n) is 16.4. The van der Waals surface area contributed by atoms with Gasteiger partial charge in [0.05, 0.1) is 5.69 Å². The van der Waals surface area contributed by atoms with Gasteiger partial charge in [-0.3, -0.25) is 4.99 Å². The van der Waals surface area contributed by atoms with Gasteiger partial charge in [0.15, 0.2) is 5.96 Å². The van der Waals surface area contributed by atoms with Crippen molar-refractivity contribution in [3.63, 3.8) is 0 Å². The molecule has 7 nitrogen and oxygen atoms in total. The molecule has 0 atom stereocenters. The van der Waals surface area contributed by atoms with Crippen LogP contribution < -0.4 is 20.9 Å². The van der Waals surface area contributed by atoms with Gasteiger partial charge in [0, 0.05) is 40.8 Å². The lowest BCUT2D eigenvalue weighted by atomic mass is 10.2. The molecule has 0 fully saturated rings. The molecule has 0 bridgehead atoms. The van der Waals surface area contributed by atoms with Gasteiger partial charge in [-0.05, 0) is 38.5 Å². The van der Waals surface area contributed by atoms with Crippen LogP contribution in [0.1, 0.15) is 26.3 Å². The molecule has 26 heavy (non-hydrogen) atoms. The lowest BCUT2D eigenvalue weighted by Crippen LogP contribution is -2.42. The first kappa shape index (κ1) is 21.5. The van der Waals surface area contributed by atoms with E-state index in [4.69, 9.17) is 4.74 Å². The molecule has 0 aliphatic rings. The van der Waals surface area contributed by atoms with E-state index in [9.17, 15) is 9.18 Å². The van der Waals surface area contributed by atoms with Crippen LogP contribution in [0.3, 0.4) is 0 Å². The number of benzene rings is 1. The fourth-order valence-electron chi connectivity index (χ4n) is 2.09. The van der Waals surface area contributed by atoms with Crippen molar-refractivity contribution in [3.8, 4) is 0 Å².